The lowest BCUT2D eigenvalue weighted by Gasteiger charge is -2.27. The van der Waals surface area contributed by atoms with Gasteiger partial charge in [-0.1, -0.05) is 42.5 Å². The second-order valence-electron chi connectivity index (χ2n) is 5.43. The first-order chi connectivity index (χ1) is 11.5. The summed E-state index contributed by atoms with van der Waals surface area (Å²) in [5.41, 5.74) is 6.99. The van der Waals surface area contributed by atoms with Crippen LogP contribution in [0.4, 0.5) is 4.79 Å². The fourth-order valence-electron chi connectivity index (χ4n) is 2.54. The molecule has 0 aliphatic heterocycles. The Hall–Kier alpha value is -2.31. The van der Waals surface area contributed by atoms with Gasteiger partial charge >= 0.3 is 6.03 Å². The molecule has 0 fully saturated rings. The van der Waals surface area contributed by atoms with Crippen LogP contribution in [0.2, 0.25) is 0 Å². The molecule has 24 heavy (non-hydrogen) atoms. The standard InChI is InChI=1S/C18H21N3O2S/c1-21(12-13-8-10-15(24-2)11-9-13)16(17(22)20-18(19)23)14-6-4-3-5-7-14/h3-11,16H,12H2,1-2H3,(H3,19,20,22,23)/t16-/m0/s1. The Bertz CT molecular complexity index is 689. The predicted molar refractivity (Wildman–Crippen MR) is 96.6 cm³/mol. The first-order valence-corrected chi connectivity index (χ1v) is 8.72. The Balaban J connectivity index is 2.21. The number of carbonyl (C=O) groups is 2. The second-order valence-corrected chi connectivity index (χ2v) is 6.31. The van der Waals surface area contributed by atoms with Gasteiger partial charge in [-0.15, -0.1) is 11.8 Å². The summed E-state index contributed by atoms with van der Waals surface area (Å²) in [6, 6.07) is 16.1. The number of amides is 3. The van der Waals surface area contributed by atoms with Crippen molar-refractivity contribution >= 4 is 23.7 Å². The largest absolute Gasteiger partial charge is 0.351 e. The highest BCUT2D eigenvalue weighted by Gasteiger charge is 2.26. The number of carbonyl (C=O) groups excluding carboxylic acids is 2. The molecular weight excluding hydrogens is 322 g/mol. The smallest absolute Gasteiger partial charge is 0.318 e. The van der Waals surface area contributed by atoms with Crippen LogP contribution >= 0.6 is 11.8 Å². The normalized spacial score (nSPS) is 12.0. The molecule has 1 atom stereocenters. The Kier molecular flexibility index (Phi) is 6.40. The molecule has 0 aromatic heterocycles. The highest BCUT2D eigenvalue weighted by Crippen LogP contribution is 2.22. The van der Waals surface area contributed by atoms with E-state index >= 15 is 0 Å². The second kappa shape index (κ2) is 8.52. The van der Waals surface area contributed by atoms with E-state index in [2.05, 4.69) is 17.4 Å². The number of thioether (sulfide) groups is 1. The van der Waals surface area contributed by atoms with E-state index in [0.717, 1.165) is 11.1 Å². The topological polar surface area (TPSA) is 75.4 Å². The summed E-state index contributed by atoms with van der Waals surface area (Å²) in [6.07, 6.45) is 2.03. The van der Waals surface area contributed by atoms with Crippen molar-refractivity contribution in [2.75, 3.05) is 13.3 Å². The molecule has 0 saturated heterocycles. The van der Waals surface area contributed by atoms with Gasteiger partial charge in [0, 0.05) is 11.4 Å². The summed E-state index contributed by atoms with van der Waals surface area (Å²) in [5.74, 6) is -0.433. The number of primary amides is 1. The van der Waals surface area contributed by atoms with E-state index in [1.807, 2.05) is 60.7 Å². The molecule has 0 spiro atoms. The van der Waals surface area contributed by atoms with Gasteiger partial charge in [-0.3, -0.25) is 15.0 Å². The van der Waals surface area contributed by atoms with Crippen molar-refractivity contribution in [1.82, 2.24) is 10.2 Å². The van der Waals surface area contributed by atoms with Gasteiger partial charge in [-0.2, -0.15) is 0 Å². The van der Waals surface area contributed by atoms with Gasteiger partial charge in [0.1, 0.15) is 6.04 Å². The summed E-state index contributed by atoms with van der Waals surface area (Å²) in [6.45, 7) is 0.570. The molecule has 126 valence electrons. The van der Waals surface area contributed by atoms with Crippen molar-refractivity contribution in [2.24, 2.45) is 5.73 Å². The number of nitrogens with two attached hydrogens (primary N) is 1. The highest BCUT2D eigenvalue weighted by molar-refractivity contribution is 7.98. The van der Waals surface area contributed by atoms with Crippen LogP contribution in [0.1, 0.15) is 17.2 Å². The maximum absolute atomic E-state index is 12.4. The number of nitrogens with one attached hydrogen (secondary N) is 1. The zero-order chi connectivity index (χ0) is 17.5. The van der Waals surface area contributed by atoms with Gasteiger partial charge < -0.3 is 5.73 Å². The number of rotatable bonds is 6. The Morgan fingerprint density at radius 3 is 2.29 bits per heavy atom. The van der Waals surface area contributed by atoms with E-state index in [0.29, 0.717) is 6.54 Å². The maximum Gasteiger partial charge on any atom is 0.318 e. The number of nitrogens with zero attached hydrogens (tertiary/aromatic N) is 1. The molecule has 2 rings (SSSR count). The fourth-order valence-corrected chi connectivity index (χ4v) is 2.95. The molecule has 0 heterocycles. The number of likely N-dealkylation sites (N-methyl/N-ethyl adjacent to an activating group) is 1. The van der Waals surface area contributed by atoms with Crippen molar-refractivity contribution in [2.45, 2.75) is 17.5 Å². The predicted octanol–water partition coefficient (Wildman–Crippen LogP) is 2.78. The monoisotopic (exact) mass is 343 g/mol. The Labute approximate surface area is 146 Å². The first kappa shape index (κ1) is 18.0. The number of hydrogen-bond acceptors (Lipinski definition) is 4. The summed E-state index contributed by atoms with van der Waals surface area (Å²) < 4.78 is 0. The van der Waals surface area contributed by atoms with E-state index in [1.165, 1.54) is 4.90 Å². The Morgan fingerprint density at radius 2 is 1.75 bits per heavy atom. The van der Waals surface area contributed by atoms with Crippen molar-refractivity contribution in [3.8, 4) is 0 Å². The van der Waals surface area contributed by atoms with Crippen molar-refractivity contribution in [1.29, 1.82) is 0 Å². The number of imide groups is 1. The molecule has 3 amide bonds. The molecule has 0 saturated carbocycles. The molecule has 0 radical (unpaired) electrons. The third-order valence-corrected chi connectivity index (χ3v) is 4.39. The van der Waals surface area contributed by atoms with E-state index in [1.54, 1.807) is 11.8 Å². The van der Waals surface area contributed by atoms with Crippen molar-refractivity contribution in [3.63, 3.8) is 0 Å². The lowest BCUT2D eigenvalue weighted by atomic mass is 10.0. The lowest BCUT2D eigenvalue weighted by Crippen LogP contribution is -2.43. The SMILES string of the molecule is CSc1ccc(CN(C)[C@H](C(=O)NC(N)=O)c2ccccc2)cc1. The van der Waals surface area contributed by atoms with Crippen LogP contribution in [0.5, 0.6) is 0 Å². The number of urea groups is 1. The first-order valence-electron chi connectivity index (χ1n) is 7.49. The Morgan fingerprint density at radius 1 is 1.12 bits per heavy atom. The van der Waals surface area contributed by atoms with Gasteiger partial charge in [0.25, 0.3) is 0 Å². The number of hydrogen-bond donors (Lipinski definition) is 2. The molecule has 0 unspecified atom stereocenters. The van der Waals surface area contributed by atoms with Crippen molar-refractivity contribution < 1.29 is 9.59 Å². The zero-order valence-corrected chi connectivity index (χ0v) is 14.5. The quantitative estimate of drug-likeness (QED) is 0.791. The summed E-state index contributed by atoms with van der Waals surface area (Å²) in [4.78, 5) is 26.6. The molecule has 6 heteroatoms. The average Bonchev–Trinajstić information content (AvgIpc) is 2.56. The van der Waals surface area contributed by atoms with Crippen LogP contribution in [0.3, 0.4) is 0 Å². The summed E-state index contributed by atoms with van der Waals surface area (Å²) >= 11 is 1.68. The summed E-state index contributed by atoms with van der Waals surface area (Å²) in [7, 11) is 1.85. The van der Waals surface area contributed by atoms with Gasteiger partial charge in [-0.25, -0.2) is 4.79 Å². The lowest BCUT2D eigenvalue weighted by molar-refractivity contribution is -0.125. The van der Waals surface area contributed by atoms with E-state index in [-0.39, 0.29) is 0 Å². The van der Waals surface area contributed by atoms with Crippen molar-refractivity contribution in [3.05, 3.63) is 65.7 Å². The van der Waals surface area contributed by atoms with Crippen LogP contribution in [0.15, 0.2) is 59.5 Å². The fraction of sp³-hybridized carbons (Fsp3) is 0.222. The third-order valence-electron chi connectivity index (χ3n) is 3.64. The van der Waals surface area contributed by atoms with Crippen LogP contribution in [0, 0.1) is 0 Å². The molecule has 0 bridgehead atoms. The maximum atomic E-state index is 12.4. The molecule has 2 aromatic carbocycles. The minimum atomic E-state index is -0.848. The third kappa shape index (κ3) is 4.84. The van der Waals surface area contributed by atoms with Gasteiger partial charge in [0.2, 0.25) is 5.91 Å². The van der Waals surface area contributed by atoms with Crippen LogP contribution in [-0.4, -0.2) is 30.1 Å². The zero-order valence-electron chi connectivity index (χ0n) is 13.7. The van der Waals surface area contributed by atoms with Crippen LogP contribution < -0.4 is 11.1 Å². The molecular formula is C18H21N3O2S. The van der Waals surface area contributed by atoms with Crippen LogP contribution in [0.25, 0.3) is 0 Å². The number of benzene rings is 2. The van der Waals surface area contributed by atoms with E-state index in [4.69, 9.17) is 5.73 Å². The molecule has 0 aliphatic rings. The average molecular weight is 343 g/mol. The minimum absolute atomic E-state index is 0.433. The minimum Gasteiger partial charge on any atom is -0.351 e. The van der Waals surface area contributed by atoms with Gasteiger partial charge in [0.05, 0.1) is 0 Å². The molecule has 3 N–H and O–H groups in total. The van der Waals surface area contributed by atoms with E-state index < -0.39 is 18.0 Å². The molecule has 5 nitrogen and oxygen atoms in total. The van der Waals surface area contributed by atoms with Gasteiger partial charge in [0.15, 0.2) is 0 Å². The van der Waals surface area contributed by atoms with Crippen LogP contribution in [-0.2, 0) is 11.3 Å². The van der Waals surface area contributed by atoms with E-state index in [9.17, 15) is 9.59 Å². The van der Waals surface area contributed by atoms with Gasteiger partial charge in [-0.05, 0) is 36.6 Å². The molecule has 2 aromatic rings. The highest BCUT2D eigenvalue weighted by atomic mass is 32.2. The molecule has 0 aliphatic carbocycles. The summed E-state index contributed by atoms with van der Waals surface area (Å²) in [5, 5.41) is 2.18.